The third kappa shape index (κ3) is 1.11. The van der Waals surface area contributed by atoms with Crippen molar-refractivity contribution in [1.29, 1.82) is 0 Å². The van der Waals surface area contributed by atoms with Gasteiger partial charge in [0.25, 0.3) is 0 Å². The molecule has 1 nitrogen and oxygen atoms in total. The molecule has 0 aliphatic heterocycles. The summed E-state index contributed by atoms with van der Waals surface area (Å²) < 4.78 is 2.41. The molecule has 0 saturated carbocycles. The lowest BCUT2D eigenvalue weighted by Crippen LogP contribution is -1.72. The van der Waals surface area contributed by atoms with Crippen molar-refractivity contribution in [1.82, 2.24) is 4.98 Å². The van der Waals surface area contributed by atoms with Crippen molar-refractivity contribution in [3.8, 4) is 0 Å². The predicted molar refractivity (Wildman–Crippen MR) is 62.1 cm³/mol. The van der Waals surface area contributed by atoms with Crippen LogP contribution in [0, 0.1) is 0 Å². The molecule has 3 heteroatoms. The molecular weight excluding hydrogens is 214 g/mol. The summed E-state index contributed by atoms with van der Waals surface area (Å²) in [7, 11) is 0. The smallest absolute Gasteiger partial charge is 0.0889 e. The molecule has 0 spiro atoms. The zero-order valence-corrected chi connectivity index (χ0v) is 8.77. The quantitative estimate of drug-likeness (QED) is 0.555. The number of hydrogen-bond donors (Lipinski definition) is 0. The van der Waals surface area contributed by atoms with Crippen molar-refractivity contribution < 1.29 is 0 Å². The molecule has 0 unspecified atom stereocenters. The van der Waals surface area contributed by atoms with Gasteiger partial charge in [0.05, 0.1) is 15.2 Å². The third-order valence-corrected chi connectivity index (χ3v) is 3.50. The predicted octanol–water partition coefficient (Wildman–Crippen LogP) is 4.10. The monoisotopic (exact) mass is 219 g/mol. The first-order valence-electron chi connectivity index (χ1n) is 4.27. The number of pyridine rings is 1. The van der Waals surface area contributed by atoms with Crippen LogP contribution in [0.3, 0.4) is 0 Å². The molecule has 0 radical (unpaired) electrons. The summed E-state index contributed by atoms with van der Waals surface area (Å²) in [6, 6.07) is 10.2. The van der Waals surface area contributed by atoms with Crippen LogP contribution < -0.4 is 0 Å². The number of rotatable bonds is 0. The number of halogens is 1. The molecular formula is C11H6ClNS. The van der Waals surface area contributed by atoms with E-state index in [1.54, 1.807) is 17.5 Å². The van der Waals surface area contributed by atoms with Gasteiger partial charge in [-0.2, -0.15) is 0 Å². The molecule has 1 aromatic carbocycles. The maximum Gasteiger partial charge on any atom is 0.0889 e. The molecule has 3 aromatic rings. The lowest BCUT2D eigenvalue weighted by molar-refractivity contribution is 1.44. The first kappa shape index (κ1) is 8.21. The van der Waals surface area contributed by atoms with Crippen LogP contribution in [-0.2, 0) is 0 Å². The van der Waals surface area contributed by atoms with Gasteiger partial charge in [-0.15, -0.1) is 11.3 Å². The van der Waals surface area contributed by atoms with Crippen molar-refractivity contribution >= 4 is 43.2 Å². The van der Waals surface area contributed by atoms with E-state index in [1.165, 1.54) is 10.1 Å². The molecule has 0 saturated heterocycles. The van der Waals surface area contributed by atoms with Crippen LogP contribution in [0.5, 0.6) is 0 Å². The molecule has 0 aliphatic carbocycles. The van der Waals surface area contributed by atoms with Crippen LogP contribution >= 0.6 is 22.9 Å². The Hall–Kier alpha value is -1.12. The highest BCUT2D eigenvalue weighted by atomic mass is 35.5. The van der Waals surface area contributed by atoms with Gasteiger partial charge in [-0.1, -0.05) is 29.8 Å². The van der Waals surface area contributed by atoms with Crippen LogP contribution in [0.2, 0.25) is 5.02 Å². The topological polar surface area (TPSA) is 12.9 Å². The van der Waals surface area contributed by atoms with Crippen LogP contribution in [-0.4, -0.2) is 4.98 Å². The van der Waals surface area contributed by atoms with Crippen molar-refractivity contribution in [2.45, 2.75) is 0 Å². The van der Waals surface area contributed by atoms with E-state index in [0.29, 0.717) is 5.02 Å². The Morgan fingerprint density at radius 2 is 2.00 bits per heavy atom. The second kappa shape index (κ2) is 2.94. The van der Waals surface area contributed by atoms with Crippen LogP contribution in [0.25, 0.3) is 20.3 Å². The zero-order chi connectivity index (χ0) is 9.54. The molecule has 2 heterocycles. The van der Waals surface area contributed by atoms with Crippen molar-refractivity contribution in [2.75, 3.05) is 0 Å². The first-order chi connectivity index (χ1) is 6.84. The minimum absolute atomic E-state index is 0.698. The molecule has 68 valence electrons. The average molecular weight is 220 g/mol. The number of thiophene rings is 1. The van der Waals surface area contributed by atoms with Gasteiger partial charge in [-0.3, -0.25) is 4.98 Å². The lowest BCUT2D eigenvalue weighted by atomic mass is 10.2. The van der Waals surface area contributed by atoms with E-state index < -0.39 is 0 Å². The average Bonchev–Trinajstić information content (AvgIpc) is 2.54. The Balaban J connectivity index is 2.57. The normalized spacial score (nSPS) is 11.2. The summed E-state index contributed by atoms with van der Waals surface area (Å²) in [4.78, 5) is 4.35. The van der Waals surface area contributed by atoms with Gasteiger partial charge in [0, 0.05) is 16.3 Å². The van der Waals surface area contributed by atoms with Crippen molar-refractivity contribution in [3.63, 3.8) is 0 Å². The molecule has 0 N–H and O–H groups in total. The highest BCUT2D eigenvalue weighted by molar-refractivity contribution is 7.25. The molecule has 14 heavy (non-hydrogen) atoms. The van der Waals surface area contributed by atoms with E-state index >= 15 is 0 Å². The highest BCUT2D eigenvalue weighted by Crippen LogP contribution is 2.33. The van der Waals surface area contributed by atoms with Gasteiger partial charge in [0.15, 0.2) is 0 Å². The van der Waals surface area contributed by atoms with Gasteiger partial charge < -0.3 is 0 Å². The standard InChI is InChI=1S/C11H6ClNS/c12-7-5-10-11(13-6-7)8-3-1-2-4-9(8)14-10/h1-6H. The Morgan fingerprint density at radius 3 is 2.93 bits per heavy atom. The van der Waals surface area contributed by atoms with Crippen molar-refractivity contribution in [2.24, 2.45) is 0 Å². The third-order valence-electron chi connectivity index (χ3n) is 2.18. The van der Waals surface area contributed by atoms with E-state index in [2.05, 4.69) is 17.1 Å². The Bertz CT molecular complexity index is 615. The SMILES string of the molecule is Clc1cnc2c(c1)sc1ccccc12. The number of nitrogens with zero attached hydrogens (tertiary/aromatic N) is 1. The van der Waals surface area contributed by atoms with E-state index in [-0.39, 0.29) is 0 Å². The Morgan fingerprint density at radius 1 is 1.14 bits per heavy atom. The fourth-order valence-corrected chi connectivity index (χ4v) is 2.90. The minimum atomic E-state index is 0.698. The maximum absolute atomic E-state index is 5.89. The summed E-state index contributed by atoms with van der Waals surface area (Å²) in [5, 5.41) is 1.91. The summed E-state index contributed by atoms with van der Waals surface area (Å²) in [5.41, 5.74) is 1.05. The van der Waals surface area contributed by atoms with Gasteiger partial charge in [-0.25, -0.2) is 0 Å². The summed E-state index contributed by atoms with van der Waals surface area (Å²) in [6.45, 7) is 0. The van der Waals surface area contributed by atoms with Gasteiger partial charge >= 0.3 is 0 Å². The Labute approximate surface area is 90.0 Å². The molecule has 2 aromatic heterocycles. The van der Waals surface area contributed by atoms with E-state index in [0.717, 1.165) is 10.2 Å². The second-order valence-electron chi connectivity index (χ2n) is 3.10. The zero-order valence-electron chi connectivity index (χ0n) is 7.20. The van der Waals surface area contributed by atoms with Gasteiger partial charge in [0.2, 0.25) is 0 Å². The van der Waals surface area contributed by atoms with Crippen LogP contribution in [0.1, 0.15) is 0 Å². The molecule has 0 amide bonds. The summed E-state index contributed by atoms with van der Waals surface area (Å²) in [5.74, 6) is 0. The molecule has 0 atom stereocenters. The molecule has 0 aliphatic rings. The maximum atomic E-state index is 5.89. The fraction of sp³-hybridized carbons (Fsp3) is 0. The van der Waals surface area contributed by atoms with Crippen LogP contribution in [0.4, 0.5) is 0 Å². The molecule has 0 fully saturated rings. The lowest BCUT2D eigenvalue weighted by Gasteiger charge is -1.90. The molecule has 3 rings (SSSR count). The van der Waals surface area contributed by atoms with E-state index in [9.17, 15) is 0 Å². The number of fused-ring (bicyclic) bond motifs is 3. The minimum Gasteiger partial charge on any atom is -0.253 e. The van der Waals surface area contributed by atoms with Crippen molar-refractivity contribution in [3.05, 3.63) is 41.6 Å². The summed E-state index contributed by atoms with van der Waals surface area (Å²) in [6.07, 6.45) is 1.70. The first-order valence-corrected chi connectivity index (χ1v) is 5.47. The fourth-order valence-electron chi connectivity index (χ4n) is 1.57. The van der Waals surface area contributed by atoms with E-state index in [1.807, 2.05) is 18.2 Å². The van der Waals surface area contributed by atoms with Gasteiger partial charge in [-0.05, 0) is 12.1 Å². The van der Waals surface area contributed by atoms with E-state index in [4.69, 9.17) is 11.6 Å². The van der Waals surface area contributed by atoms with Gasteiger partial charge in [0.1, 0.15) is 0 Å². The number of aromatic nitrogens is 1. The highest BCUT2D eigenvalue weighted by Gasteiger charge is 2.04. The number of benzene rings is 1. The molecule has 0 bridgehead atoms. The Kier molecular flexibility index (Phi) is 1.72. The summed E-state index contributed by atoms with van der Waals surface area (Å²) >= 11 is 7.62. The van der Waals surface area contributed by atoms with Crippen LogP contribution in [0.15, 0.2) is 36.5 Å². The number of hydrogen-bond acceptors (Lipinski definition) is 2. The largest absolute Gasteiger partial charge is 0.253 e. The second-order valence-corrected chi connectivity index (χ2v) is 4.62.